The molecule has 1 aromatic rings. The van der Waals surface area contributed by atoms with E-state index < -0.39 is 6.10 Å². The van der Waals surface area contributed by atoms with Crippen molar-refractivity contribution in [1.82, 2.24) is 4.90 Å². The number of nitrogens with zero attached hydrogens (tertiary/aromatic N) is 1. The lowest BCUT2D eigenvalue weighted by Gasteiger charge is -2.35. The molecule has 0 heterocycles. The molecule has 19 heavy (non-hydrogen) atoms. The number of ether oxygens (including phenoxy) is 1. The molecule has 106 valence electrons. The van der Waals surface area contributed by atoms with Gasteiger partial charge in [0.25, 0.3) is 0 Å². The lowest BCUT2D eigenvalue weighted by molar-refractivity contribution is 0.0776. The van der Waals surface area contributed by atoms with Crippen LogP contribution in [0.25, 0.3) is 0 Å². The van der Waals surface area contributed by atoms with Gasteiger partial charge in [-0.15, -0.1) is 0 Å². The molecule has 0 amide bonds. The van der Waals surface area contributed by atoms with Crippen molar-refractivity contribution in [2.24, 2.45) is 0 Å². The van der Waals surface area contributed by atoms with Crippen LogP contribution in [-0.4, -0.2) is 35.7 Å². The number of aliphatic hydroxyl groups is 1. The molecule has 1 aliphatic rings. The Hall–Kier alpha value is -1.06. The highest BCUT2D eigenvalue weighted by Crippen LogP contribution is 2.26. The summed E-state index contributed by atoms with van der Waals surface area (Å²) in [7, 11) is 2.10. The van der Waals surface area contributed by atoms with E-state index in [0.29, 0.717) is 12.6 Å². The Labute approximate surface area is 116 Å². The summed E-state index contributed by atoms with van der Waals surface area (Å²) < 4.78 is 5.60. The van der Waals surface area contributed by atoms with Gasteiger partial charge in [-0.1, -0.05) is 18.6 Å². The van der Waals surface area contributed by atoms with Gasteiger partial charge in [-0.25, -0.2) is 0 Å². The van der Waals surface area contributed by atoms with Crippen molar-refractivity contribution >= 4 is 0 Å². The Balaban J connectivity index is 1.89. The molecule has 0 aliphatic heterocycles. The van der Waals surface area contributed by atoms with Crippen molar-refractivity contribution in [1.29, 1.82) is 0 Å². The quantitative estimate of drug-likeness (QED) is 0.856. The highest BCUT2D eigenvalue weighted by Gasteiger charge is 2.23. The van der Waals surface area contributed by atoms with Crippen molar-refractivity contribution in [2.45, 2.75) is 51.4 Å². The average Bonchev–Trinajstić information content (AvgIpc) is 2.26. The smallest absolute Gasteiger partial charge is 0.119 e. The van der Waals surface area contributed by atoms with Crippen molar-refractivity contribution in [3.05, 3.63) is 29.8 Å². The van der Waals surface area contributed by atoms with E-state index in [0.717, 1.165) is 11.3 Å². The van der Waals surface area contributed by atoms with Crippen LogP contribution in [0.5, 0.6) is 5.75 Å². The molecule has 1 aromatic carbocycles. The first-order valence-electron chi connectivity index (χ1n) is 7.21. The molecular formula is C16H25NO2. The largest absolute Gasteiger partial charge is 0.491 e. The summed E-state index contributed by atoms with van der Waals surface area (Å²) in [6, 6.07) is 8.44. The minimum Gasteiger partial charge on any atom is -0.491 e. The zero-order valence-electron chi connectivity index (χ0n) is 12.2. The van der Waals surface area contributed by atoms with E-state index in [-0.39, 0.29) is 6.10 Å². The standard InChI is InChI=1S/C16H25NO2/c1-12(2)19-15-9-7-13(8-10-15)16(18)11-17(3)14-5-4-6-14/h7-10,12,14,16,18H,4-6,11H2,1-3H3. The van der Waals surface area contributed by atoms with Gasteiger partial charge in [0.05, 0.1) is 12.2 Å². The molecule has 0 radical (unpaired) electrons. The lowest BCUT2D eigenvalue weighted by Crippen LogP contribution is -2.39. The zero-order chi connectivity index (χ0) is 13.8. The monoisotopic (exact) mass is 263 g/mol. The van der Waals surface area contributed by atoms with Crippen LogP contribution in [0.2, 0.25) is 0 Å². The summed E-state index contributed by atoms with van der Waals surface area (Å²) in [6.45, 7) is 4.72. The van der Waals surface area contributed by atoms with Gasteiger partial charge in [-0.2, -0.15) is 0 Å². The first kappa shape index (κ1) is 14.4. The highest BCUT2D eigenvalue weighted by atomic mass is 16.5. The maximum atomic E-state index is 10.2. The van der Waals surface area contributed by atoms with Crippen LogP contribution in [-0.2, 0) is 0 Å². The number of hydrogen-bond donors (Lipinski definition) is 1. The minimum atomic E-state index is -0.418. The van der Waals surface area contributed by atoms with Gasteiger partial charge in [0, 0.05) is 12.6 Å². The summed E-state index contributed by atoms with van der Waals surface area (Å²) in [5.74, 6) is 0.860. The maximum absolute atomic E-state index is 10.2. The summed E-state index contributed by atoms with van der Waals surface area (Å²) in [5, 5.41) is 10.2. The normalized spacial score (nSPS) is 17.6. The number of rotatable bonds is 6. The summed E-state index contributed by atoms with van der Waals surface area (Å²) in [4.78, 5) is 2.27. The van der Waals surface area contributed by atoms with Gasteiger partial charge in [-0.3, -0.25) is 0 Å². The third-order valence-corrected chi connectivity index (χ3v) is 3.80. The van der Waals surface area contributed by atoms with Gasteiger partial charge in [0.2, 0.25) is 0 Å². The van der Waals surface area contributed by atoms with Crippen LogP contribution in [0.3, 0.4) is 0 Å². The average molecular weight is 263 g/mol. The van der Waals surface area contributed by atoms with Gasteiger partial charge in [0.15, 0.2) is 0 Å². The van der Waals surface area contributed by atoms with E-state index in [1.54, 1.807) is 0 Å². The Bertz CT molecular complexity index is 384. The van der Waals surface area contributed by atoms with Crippen LogP contribution in [0.1, 0.15) is 44.8 Å². The van der Waals surface area contributed by atoms with Crippen LogP contribution in [0.4, 0.5) is 0 Å². The summed E-state index contributed by atoms with van der Waals surface area (Å²) in [5.41, 5.74) is 0.960. The fourth-order valence-corrected chi connectivity index (χ4v) is 2.40. The molecule has 1 aliphatic carbocycles. The molecule has 1 N–H and O–H groups in total. The molecule has 1 saturated carbocycles. The van der Waals surface area contributed by atoms with Gasteiger partial charge < -0.3 is 14.7 Å². The van der Waals surface area contributed by atoms with Gasteiger partial charge in [-0.05, 0) is 51.4 Å². The predicted molar refractivity (Wildman–Crippen MR) is 77.4 cm³/mol. The van der Waals surface area contributed by atoms with Gasteiger partial charge in [0.1, 0.15) is 5.75 Å². The molecule has 3 heteroatoms. The van der Waals surface area contributed by atoms with Crippen molar-refractivity contribution < 1.29 is 9.84 Å². The van der Waals surface area contributed by atoms with E-state index in [1.165, 1.54) is 19.3 Å². The first-order valence-corrected chi connectivity index (χ1v) is 7.21. The maximum Gasteiger partial charge on any atom is 0.119 e. The van der Waals surface area contributed by atoms with E-state index >= 15 is 0 Å². The second-order valence-electron chi connectivity index (χ2n) is 5.78. The minimum absolute atomic E-state index is 0.181. The van der Waals surface area contributed by atoms with Crippen molar-refractivity contribution in [3.63, 3.8) is 0 Å². The number of likely N-dealkylation sites (N-methyl/N-ethyl adjacent to an activating group) is 1. The van der Waals surface area contributed by atoms with E-state index in [1.807, 2.05) is 38.1 Å². The van der Waals surface area contributed by atoms with Crippen LogP contribution < -0.4 is 4.74 Å². The van der Waals surface area contributed by atoms with Crippen molar-refractivity contribution in [3.8, 4) is 5.75 Å². The molecule has 3 nitrogen and oxygen atoms in total. The fourth-order valence-electron chi connectivity index (χ4n) is 2.40. The van der Waals surface area contributed by atoms with E-state index in [2.05, 4.69) is 11.9 Å². The molecule has 0 saturated heterocycles. The molecule has 1 unspecified atom stereocenters. The molecule has 1 atom stereocenters. The highest BCUT2D eigenvalue weighted by molar-refractivity contribution is 5.28. The Morgan fingerprint density at radius 3 is 2.37 bits per heavy atom. The van der Waals surface area contributed by atoms with E-state index in [9.17, 15) is 5.11 Å². The fraction of sp³-hybridized carbons (Fsp3) is 0.625. The Morgan fingerprint density at radius 2 is 1.89 bits per heavy atom. The molecule has 0 spiro atoms. The number of hydrogen-bond acceptors (Lipinski definition) is 3. The Morgan fingerprint density at radius 1 is 1.26 bits per heavy atom. The topological polar surface area (TPSA) is 32.7 Å². The first-order chi connectivity index (χ1) is 9.06. The van der Waals surface area contributed by atoms with Crippen LogP contribution in [0.15, 0.2) is 24.3 Å². The second kappa shape index (κ2) is 6.40. The molecule has 1 fully saturated rings. The molecule has 0 bridgehead atoms. The van der Waals surface area contributed by atoms with Gasteiger partial charge >= 0.3 is 0 Å². The second-order valence-corrected chi connectivity index (χ2v) is 5.78. The molecule has 2 rings (SSSR count). The third kappa shape index (κ3) is 3.95. The summed E-state index contributed by atoms with van der Waals surface area (Å²) >= 11 is 0. The van der Waals surface area contributed by atoms with E-state index in [4.69, 9.17) is 4.74 Å². The zero-order valence-corrected chi connectivity index (χ0v) is 12.2. The SMILES string of the molecule is CC(C)Oc1ccc(C(O)CN(C)C2CCC2)cc1. The third-order valence-electron chi connectivity index (χ3n) is 3.80. The summed E-state index contributed by atoms with van der Waals surface area (Å²) in [6.07, 6.45) is 3.63. The lowest BCUT2D eigenvalue weighted by atomic mass is 9.91. The Kier molecular flexibility index (Phi) is 4.83. The number of aliphatic hydroxyl groups excluding tert-OH is 1. The molecular weight excluding hydrogens is 238 g/mol. The number of benzene rings is 1. The predicted octanol–water partition coefficient (Wildman–Crippen LogP) is 2.99. The van der Waals surface area contributed by atoms with Crippen molar-refractivity contribution in [2.75, 3.05) is 13.6 Å². The van der Waals surface area contributed by atoms with Crippen LogP contribution >= 0.6 is 0 Å². The van der Waals surface area contributed by atoms with Crippen LogP contribution in [0, 0.1) is 0 Å². The molecule has 0 aromatic heterocycles.